The molecule has 2 N–H and O–H groups in total. The summed E-state index contributed by atoms with van der Waals surface area (Å²) in [6, 6.07) is 0. The fourth-order valence-electron chi connectivity index (χ4n) is 2.08. The number of quaternary nitrogens is 1. The minimum atomic E-state index is -1.04. The van der Waals surface area contributed by atoms with Gasteiger partial charge in [-0.05, 0) is 24.8 Å². The van der Waals surface area contributed by atoms with E-state index in [1.807, 2.05) is 21.1 Å². The Morgan fingerprint density at radius 3 is 2.00 bits per heavy atom. The Hall–Kier alpha value is -2.15. The molecule has 0 aliphatic heterocycles. The van der Waals surface area contributed by atoms with E-state index in [0.717, 1.165) is 0 Å². The van der Waals surface area contributed by atoms with E-state index in [0.29, 0.717) is 35.9 Å². The molecule has 0 amide bonds. The number of aliphatic carboxylic acids is 2. The number of rotatable bonds is 12. The molecule has 136 valence electrons. The first-order chi connectivity index (χ1) is 10.9. The van der Waals surface area contributed by atoms with E-state index in [9.17, 15) is 14.4 Å². The maximum Gasteiger partial charge on any atom is 0.338 e. The molecule has 0 aliphatic carbocycles. The van der Waals surface area contributed by atoms with Crippen LogP contribution in [0.15, 0.2) is 24.3 Å². The van der Waals surface area contributed by atoms with Crippen molar-refractivity contribution in [3.63, 3.8) is 0 Å². The van der Waals surface area contributed by atoms with Gasteiger partial charge in [0.1, 0.15) is 6.54 Å². The highest BCUT2D eigenvalue weighted by Gasteiger charge is 2.26. The van der Waals surface area contributed by atoms with Crippen molar-refractivity contribution < 1.29 is 33.8 Å². The van der Waals surface area contributed by atoms with Crippen molar-refractivity contribution in [3.8, 4) is 0 Å². The number of carboxylic acid groups (broad SMARTS) is 2. The standard InChI is InChI=1S/C17H27NO6/c1-12(8-6-7-9-15(19)20)13(2)17(23)24-14(10-16(21)22)11-18(3,4)5/h14H,1-2,6-11H2,3-5H3,(H-,19,20,21,22)/p+1. The van der Waals surface area contributed by atoms with Crippen LogP contribution in [-0.2, 0) is 19.1 Å². The molecule has 0 aromatic rings. The highest BCUT2D eigenvalue weighted by molar-refractivity contribution is 5.92. The molecule has 0 rings (SSSR count). The summed E-state index contributed by atoms with van der Waals surface area (Å²) >= 11 is 0. The number of esters is 1. The van der Waals surface area contributed by atoms with Gasteiger partial charge in [0.25, 0.3) is 0 Å². The molecule has 0 aromatic carbocycles. The Labute approximate surface area is 142 Å². The molecule has 0 saturated carbocycles. The number of likely N-dealkylation sites (N-methyl/N-ethyl adjacent to an activating group) is 1. The lowest BCUT2D eigenvalue weighted by atomic mass is 10.0. The monoisotopic (exact) mass is 342 g/mol. The van der Waals surface area contributed by atoms with E-state index in [1.165, 1.54) is 0 Å². The van der Waals surface area contributed by atoms with Gasteiger partial charge in [0, 0.05) is 6.42 Å². The number of carboxylic acids is 2. The van der Waals surface area contributed by atoms with Gasteiger partial charge >= 0.3 is 17.9 Å². The van der Waals surface area contributed by atoms with Crippen molar-refractivity contribution in [1.82, 2.24) is 0 Å². The topological polar surface area (TPSA) is 101 Å². The number of hydrogen-bond acceptors (Lipinski definition) is 4. The highest BCUT2D eigenvalue weighted by atomic mass is 16.5. The van der Waals surface area contributed by atoms with E-state index >= 15 is 0 Å². The normalized spacial score (nSPS) is 12.3. The number of nitrogens with zero attached hydrogens (tertiary/aromatic N) is 1. The van der Waals surface area contributed by atoms with Crippen LogP contribution in [0.1, 0.15) is 32.1 Å². The van der Waals surface area contributed by atoms with Crippen LogP contribution < -0.4 is 0 Å². The van der Waals surface area contributed by atoms with E-state index in [-0.39, 0.29) is 18.4 Å². The van der Waals surface area contributed by atoms with E-state index in [1.54, 1.807) is 0 Å². The molecule has 7 heteroatoms. The highest BCUT2D eigenvalue weighted by Crippen LogP contribution is 2.17. The van der Waals surface area contributed by atoms with Gasteiger partial charge in [0.05, 0.1) is 33.1 Å². The maximum atomic E-state index is 12.1. The summed E-state index contributed by atoms with van der Waals surface area (Å²) < 4.78 is 5.73. The van der Waals surface area contributed by atoms with Gasteiger partial charge in [-0.3, -0.25) is 9.59 Å². The molecule has 0 aromatic heterocycles. The smallest absolute Gasteiger partial charge is 0.338 e. The summed E-state index contributed by atoms with van der Waals surface area (Å²) in [4.78, 5) is 33.5. The zero-order chi connectivity index (χ0) is 18.9. The van der Waals surface area contributed by atoms with Gasteiger partial charge in [-0.25, -0.2) is 4.79 Å². The second-order valence-electron chi connectivity index (χ2n) is 6.78. The quantitative estimate of drug-likeness (QED) is 0.184. The summed E-state index contributed by atoms with van der Waals surface area (Å²) in [5.41, 5.74) is 0.576. The predicted octanol–water partition coefficient (Wildman–Crippen LogP) is 1.84. The van der Waals surface area contributed by atoms with E-state index in [4.69, 9.17) is 14.9 Å². The fraction of sp³-hybridized carbons (Fsp3) is 0.588. The lowest BCUT2D eigenvalue weighted by molar-refractivity contribution is -0.873. The molecule has 0 heterocycles. The van der Waals surface area contributed by atoms with Crippen molar-refractivity contribution >= 4 is 17.9 Å². The van der Waals surface area contributed by atoms with Gasteiger partial charge in [0.2, 0.25) is 0 Å². The van der Waals surface area contributed by atoms with E-state index < -0.39 is 24.0 Å². The molecular formula is C17H28NO6+. The van der Waals surface area contributed by atoms with Gasteiger partial charge in [-0.1, -0.05) is 13.2 Å². The molecule has 1 unspecified atom stereocenters. The van der Waals surface area contributed by atoms with E-state index in [2.05, 4.69) is 13.2 Å². The summed E-state index contributed by atoms with van der Waals surface area (Å²) in [6.45, 7) is 7.78. The van der Waals surface area contributed by atoms with Crippen LogP contribution in [-0.4, -0.2) is 66.4 Å². The van der Waals surface area contributed by atoms with Crippen LogP contribution in [0.25, 0.3) is 0 Å². The molecule has 0 radical (unpaired) electrons. The lowest BCUT2D eigenvalue weighted by Gasteiger charge is -2.28. The molecule has 0 aliphatic rings. The minimum Gasteiger partial charge on any atom is -0.481 e. The van der Waals surface area contributed by atoms with Crippen molar-refractivity contribution in [2.75, 3.05) is 27.7 Å². The molecule has 24 heavy (non-hydrogen) atoms. The summed E-state index contributed by atoms with van der Waals surface area (Å²) in [6.07, 6.45) is 0.537. The van der Waals surface area contributed by atoms with Crippen molar-refractivity contribution in [2.45, 2.75) is 38.2 Å². The zero-order valence-electron chi connectivity index (χ0n) is 14.7. The Kier molecular flexibility index (Phi) is 8.99. The molecule has 0 bridgehead atoms. The maximum absolute atomic E-state index is 12.1. The third kappa shape index (κ3) is 10.6. The van der Waals surface area contributed by atoms with Gasteiger partial charge in [-0.15, -0.1) is 0 Å². The third-order valence-corrected chi connectivity index (χ3v) is 3.22. The Morgan fingerprint density at radius 2 is 1.54 bits per heavy atom. The number of unbranched alkanes of at least 4 members (excludes halogenated alkanes) is 1. The Balaban J connectivity index is 4.56. The van der Waals surface area contributed by atoms with Crippen LogP contribution in [0, 0.1) is 0 Å². The molecule has 0 fully saturated rings. The van der Waals surface area contributed by atoms with Crippen molar-refractivity contribution in [3.05, 3.63) is 24.3 Å². The second kappa shape index (κ2) is 9.87. The van der Waals surface area contributed by atoms with Gasteiger partial charge < -0.3 is 19.4 Å². The summed E-state index contributed by atoms with van der Waals surface area (Å²) in [5.74, 6) is -2.59. The third-order valence-electron chi connectivity index (χ3n) is 3.22. The van der Waals surface area contributed by atoms with Crippen LogP contribution in [0.2, 0.25) is 0 Å². The first-order valence-electron chi connectivity index (χ1n) is 7.74. The predicted molar refractivity (Wildman–Crippen MR) is 89.4 cm³/mol. The average Bonchev–Trinajstić information content (AvgIpc) is 2.39. The molecule has 1 atom stereocenters. The minimum absolute atomic E-state index is 0.0639. The lowest BCUT2D eigenvalue weighted by Crippen LogP contribution is -2.44. The van der Waals surface area contributed by atoms with Crippen molar-refractivity contribution in [1.29, 1.82) is 0 Å². The number of ether oxygens (including phenoxy) is 1. The SMILES string of the molecule is C=C(CCCCC(=O)O)C(=C)C(=O)OC(CC(=O)O)C[N+](C)(C)C. The Bertz CT molecular complexity index is 504. The van der Waals surface area contributed by atoms with Gasteiger partial charge in [-0.2, -0.15) is 0 Å². The number of hydrogen-bond donors (Lipinski definition) is 2. The number of carbonyl (C=O) groups is 3. The largest absolute Gasteiger partial charge is 0.481 e. The molecular weight excluding hydrogens is 314 g/mol. The summed E-state index contributed by atoms with van der Waals surface area (Å²) in [5, 5.41) is 17.5. The van der Waals surface area contributed by atoms with Crippen LogP contribution in [0.3, 0.4) is 0 Å². The average molecular weight is 342 g/mol. The first-order valence-corrected chi connectivity index (χ1v) is 7.74. The molecule has 0 spiro atoms. The first kappa shape index (κ1) is 21.9. The zero-order valence-corrected chi connectivity index (χ0v) is 14.7. The number of carbonyl (C=O) groups excluding carboxylic acids is 1. The second-order valence-corrected chi connectivity index (χ2v) is 6.78. The van der Waals surface area contributed by atoms with Crippen LogP contribution >= 0.6 is 0 Å². The Morgan fingerprint density at radius 1 is 1.00 bits per heavy atom. The molecule has 0 saturated heterocycles. The van der Waals surface area contributed by atoms with Crippen LogP contribution in [0.5, 0.6) is 0 Å². The van der Waals surface area contributed by atoms with Crippen LogP contribution in [0.4, 0.5) is 0 Å². The fourth-order valence-corrected chi connectivity index (χ4v) is 2.08. The summed E-state index contributed by atoms with van der Waals surface area (Å²) in [7, 11) is 5.62. The van der Waals surface area contributed by atoms with Crippen molar-refractivity contribution in [2.24, 2.45) is 0 Å². The van der Waals surface area contributed by atoms with Gasteiger partial charge in [0.15, 0.2) is 6.10 Å². The molecule has 7 nitrogen and oxygen atoms in total.